The largest absolute Gasteiger partial charge is 0.494 e. The molecule has 2 rings (SSSR count). The van der Waals surface area contributed by atoms with E-state index in [2.05, 4.69) is 32.1 Å². The number of rotatable bonds is 9. The van der Waals surface area contributed by atoms with Crippen LogP contribution in [0.4, 0.5) is 5.69 Å². The summed E-state index contributed by atoms with van der Waals surface area (Å²) in [5.41, 5.74) is 5.59. The second-order valence-corrected chi connectivity index (χ2v) is 7.67. The molecule has 0 radical (unpaired) electrons. The summed E-state index contributed by atoms with van der Waals surface area (Å²) in [6.07, 6.45) is -0.0997. The van der Waals surface area contributed by atoms with Gasteiger partial charge >= 0.3 is 0 Å². The van der Waals surface area contributed by atoms with Gasteiger partial charge in [0.25, 0.3) is 5.91 Å². The molecule has 3 amide bonds. The fourth-order valence-electron chi connectivity index (χ4n) is 2.50. The number of halogens is 1. The highest BCUT2D eigenvalue weighted by atomic mass is 79.9. The number of carbonyl (C=O) groups excluding carboxylic acids is 3. The van der Waals surface area contributed by atoms with Gasteiger partial charge in [-0.3, -0.25) is 25.2 Å². The Hall–Kier alpha value is -3.07. The van der Waals surface area contributed by atoms with Crippen molar-refractivity contribution >= 4 is 39.3 Å². The molecule has 0 aromatic heterocycles. The number of carbonyl (C=O) groups is 3. The van der Waals surface area contributed by atoms with E-state index in [0.29, 0.717) is 33.8 Å². The van der Waals surface area contributed by atoms with Gasteiger partial charge < -0.3 is 14.8 Å². The summed E-state index contributed by atoms with van der Waals surface area (Å²) in [5, 5.41) is 2.70. The molecule has 31 heavy (non-hydrogen) atoms. The van der Waals surface area contributed by atoms with E-state index < -0.39 is 11.8 Å². The molecule has 166 valence electrons. The van der Waals surface area contributed by atoms with Crippen molar-refractivity contribution in [3.05, 3.63) is 52.5 Å². The Kier molecular flexibility index (Phi) is 9.33. The molecule has 0 saturated carbocycles. The summed E-state index contributed by atoms with van der Waals surface area (Å²) >= 11 is 3.36. The van der Waals surface area contributed by atoms with Crippen molar-refractivity contribution in [2.45, 2.75) is 39.7 Å². The Bertz CT molecular complexity index is 916. The van der Waals surface area contributed by atoms with Gasteiger partial charge in [-0.25, -0.2) is 0 Å². The van der Waals surface area contributed by atoms with Gasteiger partial charge in [0.2, 0.25) is 11.8 Å². The first-order valence-corrected chi connectivity index (χ1v) is 10.7. The Morgan fingerprint density at radius 2 is 1.65 bits per heavy atom. The first kappa shape index (κ1) is 24.2. The van der Waals surface area contributed by atoms with E-state index in [1.54, 1.807) is 42.5 Å². The van der Waals surface area contributed by atoms with Crippen LogP contribution in [0.5, 0.6) is 11.5 Å². The van der Waals surface area contributed by atoms with Crippen LogP contribution >= 0.6 is 15.9 Å². The number of nitrogens with one attached hydrogen (secondary N) is 3. The molecule has 8 nitrogen and oxygen atoms in total. The van der Waals surface area contributed by atoms with Gasteiger partial charge in [-0.1, -0.05) is 0 Å². The monoisotopic (exact) mass is 491 g/mol. The van der Waals surface area contributed by atoms with Crippen molar-refractivity contribution in [3.8, 4) is 11.5 Å². The molecule has 9 heteroatoms. The van der Waals surface area contributed by atoms with Crippen molar-refractivity contribution in [3.63, 3.8) is 0 Å². The third-order valence-corrected chi connectivity index (χ3v) is 4.52. The van der Waals surface area contributed by atoms with Crippen molar-refractivity contribution in [1.82, 2.24) is 10.9 Å². The minimum absolute atomic E-state index is 0.00176. The SMILES string of the molecule is CCOc1ccc(NC(=O)CCC(=O)NNC(=O)c2ccc(OC(C)C)c(Br)c2)cc1. The third kappa shape index (κ3) is 8.29. The summed E-state index contributed by atoms with van der Waals surface area (Å²) in [7, 11) is 0. The summed E-state index contributed by atoms with van der Waals surface area (Å²) in [6.45, 7) is 6.26. The van der Waals surface area contributed by atoms with Crippen molar-refractivity contribution in [1.29, 1.82) is 0 Å². The predicted molar refractivity (Wildman–Crippen MR) is 121 cm³/mol. The lowest BCUT2D eigenvalue weighted by Crippen LogP contribution is -2.41. The van der Waals surface area contributed by atoms with E-state index in [1.807, 2.05) is 20.8 Å². The highest BCUT2D eigenvalue weighted by Gasteiger charge is 2.12. The molecule has 0 saturated heterocycles. The molecule has 0 aliphatic rings. The summed E-state index contributed by atoms with van der Waals surface area (Å²) in [4.78, 5) is 36.2. The van der Waals surface area contributed by atoms with Crippen LogP contribution in [-0.2, 0) is 9.59 Å². The molecule has 0 aliphatic heterocycles. The normalized spacial score (nSPS) is 10.4. The molecule has 2 aromatic rings. The average molecular weight is 492 g/mol. The molecular formula is C22H26BrN3O5. The maximum absolute atomic E-state index is 12.2. The first-order valence-electron chi connectivity index (χ1n) is 9.86. The highest BCUT2D eigenvalue weighted by Crippen LogP contribution is 2.26. The Morgan fingerprint density at radius 1 is 0.968 bits per heavy atom. The molecule has 3 N–H and O–H groups in total. The van der Waals surface area contributed by atoms with E-state index in [9.17, 15) is 14.4 Å². The van der Waals surface area contributed by atoms with Crippen molar-refractivity contribution in [2.75, 3.05) is 11.9 Å². The van der Waals surface area contributed by atoms with Crippen LogP contribution in [0.3, 0.4) is 0 Å². The molecular weight excluding hydrogens is 466 g/mol. The molecule has 0 fully saturated rings. The van der Waals surface area contributed by atoms with Gasteiger partial charge in [-0.2, -0.15) is 0 Å². The van der Waals surface area contributed by atoms with Crippen molar-refractivity contribution < 1.29 is 23.9 Å². The summed E-state index contributed by atoms with van der Waals surface area (Å²) < 4.78 is 11.6. The minimum atomic E-state index is -0.482. The second kappa shape index (κ2) is 11.9. The van der Waals surface area contributed by atoms with E-state index in [-0.39, 0.29) is 24.9 Å². The van der Waals surface area contributed by atoms with Gasteiger partial charge in [0.15, 0.2) is 0 Å². The summed E-state index contributed by atoms with van der Waals surface area (Å²) in [5.74, 6) is 0.0622. The lowest BCUT2D eigenvalue weighted by molar-refractivity contribution is -0.124. The Labute approximate surface area is 189 Å². The molecule has 0 bridgehead atoms. The molecule has 2 aromatic carbocycles. The smallest absolute Gasteiger partial charge is 0.269 e. The zero-order valence-corrected chi connectivity index (χ0v) is 19.2. The van der Waals surface area contributed by atoms with E-state index in [1.165, 1.54) is 0 Å². The quantitative estimate of drug-likeness (QED) is 0.462. The van der Waals surface area contributed by atoms with E-state index >= 15 is 0 Å². The molecule has 0 unspecified atom stereocenters. The van der Waals surface area contributed by atoms with Crippen LogP contribution in [0, 0.1) is 0 Å². The van der Waals surface area contributed by atoms with E-state index in [0.717, 1.165) is 0 Å². The number of hydrazine groups is 1. The first-order chi connectivity index (χ1) is 14.8. The van der Waals surface area contributed by atoms with Crippen LogP contribution in [0.15, 0.2) is 46.9 Å². The lowest BCUT2D eigenvalue weighted by atomic mass is 10.2. The van der Waals surface area contributed by atoms with Gasteiger partial charge in [0.05, 0.1) is 17.2 Å². The number of benzene rings is 2. The standard InChI is InChI=1S/C22H26BrN3O5/c1-4-30-17-8-6-16(7-9-17)24-20(27)11-12-21(28)25-26-22(29)15-5-10-19(18(23)13-15)31-14(2)3/h5-10,13-14H,4,11-12H2,1-3H3,(H,24,27)(H,25,28)(H,26,29). The maximum Gasteiger partial charge on any atom is 0.269 e. The fourth-order valence-corrected chi connectivity index (χ4v) is 2.98. The predicted octanol–water partition coefficient (Wildman–Crippen LogP) is 3.81. The number of anilines is 1. The summed E-state index contributed by atoms with van der Waals surface area (Å²) in [6, 6.07) is 11.8. The van der Waals surface area contributed by atoms with Crippen LogP contribution in [0.1, 0.15) is 44.0 Å². The number of hydrogen-bond donors (Lipinski definition) is 3. The van der Waals surface area contributed by atoms with Crippen LogP contribution in [0.2, 0.25) is 0 Å². The van der Waals surface area contributed by atoms with Gasteiger partial charge in [0, 0.05) is 24.1 Å². The van der Waals surface area contributed by atoms with Crippen LogP contribution in [-0.4, -0.2) is 30.4 Å². The van der Waals surface area contributed by atoms with Crippen LogP contribution < -0.4 is 25.6 Å². The molecule has 0 spiro atoms. The topological polar surface area (TPSA) is 106 Å². The molecule has 0 heterocycles. The fraction of sp³-hybridized carbons (Fsp3) is 0.318. The van der Waals surface area contributed by atoms with Gasteiger partial charge in [-0.15, -0.1) is 0 Å². The van der Waals surface area contributed by atoms with Crippen molar-refractivity contribution in [2.24, 2.45) is 0 Å². The zero-order valence-electron chi connectivity index (χ0n) is 17.7. The number of ether oxygens (including phenoxy) is 2. The Balaban J connectivity index is 1.75. The zero-order chi connectivity index (χ0) is 22.8. The highest BCUT2D eigenvalue weighted by molar-refractivity contribution is 9.10. The van der Waals surface area contributed by atoms with Crippen LogP contribution in [0.25, 0.3) is 0 Å². The lowest BCUT2D eigenvalue weighted by Gasteiger charge is -2.13. The Morgan fingerprint density at radius 3 is 2.26 bits per heavy atom. The minimum Gasteiger partial charge on any atom is -0.494 e. The second-order valence-electron chi connectivity index (χ2n) is 6.82. The number of hydrogen-bond acceptors (Lipinski definition) is 5. The van der Waals surface area contributed by atoms with E-state index in [4.69, 9.17) is 9.47 Å². The van der Waals surface area contributed by atoms with Gasteiger partial charge in [-0.05, 0) is 79.2 Å². The maximum atomic E-state index is 12.2. The van der Waals surface area contributed by atoms with Gasteiger partial charge in [0.1, 0.15) is 11.5 Å². The number of amides is 3. The molecule has 0 aliphatic carbocycles. The third-order valence-electron chi connectivity index (χ3n) is 3.90. The average Bonchev–Trinajstić information content (AvgIpc) is 2.73. The molecule has 0 atom stereocenters.